The molecule has 0 aliphatic carbocycles. The summed E-state index contributed by atoms with van der Waals surface area (Å²) in [6.45, 7) is 3.73. The lowest BCUT2D eigenvalue weighted by molar-refractivity contribution is 0.646. The number of hydrogen-bond acceptors (Lipinski definition) is 5. The standard InChI is InChI=1S/C15H18N6/c16-15(17)13-10-19-14(11-18-13)21-8-6-20(7-9-21)12-4-2-1-3-5-12/h1-5,10-11H,6-9H2,(H3,16,17). The summed E-state index contributed by atoms with van der Waals surface area (Å²) in [5.41, 5.74) is 7.06. The molecule has 1 aliphatic rings. The highest BCUT2D eigenvalue weighted by molar-refractivity contribution is 5.92. The second kappa shape index (κ2) is 5.78. The van der Waals surface area contributed by atoms with E-state index in [0.29, 0.717) is 5.69 Å². The van der Waals surface area contributed by atoms with Crippen LogP contribution in [0, 0.1) is 5.41 Å². The van der Waals surface area contributed by atoms with Gasteiger partial charge in [0.2, 0.25) is 0 Å². The minimum absolute atomic E-state index is 0.0528. The summed E-state index contributed by atoms with van der Waals surface area (Å²) in [6, 6.07) is 10.4. The van der Waals surface area contributed by atoms with Crippen LogP contribution in [-0.2, 0) is 0 Å². The third kappa shape index (κ3) is 2.94. The van der Waals surface area contributed by atoms with Gasteiger partial charge in [-0.3, -0.25) is 5.41 Å². The average molecular weight is 282 g/mol. The predicted octanol–water partition coefficient (Wildman–Crippen LogP) is 1.09. The summed E-state index contributed by atoms with van der Waals surface area (Å²) in [7, 11) is 0. The van der Waals surface area contributed by atoms with E-state index < -0.39 is 0 Å². The van der Waals surface area contributed by atoms with E-state index in [1.807, 2.05) is 6.07 Å². The molecular formula is C15H18N6. The summed E-state index contributed by atoms with van der Waals surface area (Å²) in [5, 5.41) is 7.33. The molecule has 3 rings (SSSR count). The Labute approximate surface area is 123 Å². The Morgan fingerprint density at radius 1 is 0.952 bits per heavy atom. The molecule has 1 aromatic heterocycles. The molecule has 0 saturated carbocycles. The van der Waals surface area contributed by atoms with E-state index in [9.17, 15) is 0 Å². The third-order valence-corrected chi connectivity index (χ3v) is 3.64. The summed E-state index contributed by atoms with van der Waals surface area (Å²) in [4.78, 5) is 13.1. The topological polar surface area (TPSA) is 82.1 Å². The molecule has 0 bridgehead atoms. The first kappa shape index (κ1) is 13.4. The first-order chi connectivity index (χ1) is 10.2. The van der Waals surface area contributed by atoms with Gasteiger partial charge in [0.1, 0.15) is 17.3 Å². The molecule has 1 fully saturated rings. The van der Waals surface area contributed by atoms with E-state index in [1.165, 1.54) is 5.69 Å². The number of hydrogen-bond donors (Lipinski definition) is 2. The average Bonchev–Trinajstić information content (AvgIpc) is 2.56. The lowest BCUT2D eigenvalue weighted by atomic mass is 10.2. The van der Waals surface area contributed by atoms with Gasteiger partial charge in [0.05, 0.1) is 12.4 Å². The Morgan fingerprint density at radius 2 is 1.62 bits per heavy atom. The van der Waals surface area contributed by atoms with E-state index >= 15 is 0 Å². The number of benzene rings is 1. The van der Waals surface area contributed by atoms with Gasteiger partial charge in [0.15, 0.2) is 0 Å². The van der Waals surface area contributed by atoms with Crippen LogP contribution in [0.25, 0.3) is 0 Å². The molecule has 1 saturated heterocycles. The minimum Gasteiger partial charge on any atom is -0.382 e. The number of nitrogens with two attached hydrogens (primary N) is 1. The van der Waals surface area contributed by atoms with Crippen LogP contribution in [0.3, 0.4) is 0 Å². The number of para-hydroxylation sites is 1. The van der Waals surface area contributed by atoms with Gasteiger partial charge in [-0.2, -0.15) is 0 Å². The molecule has 6 nitrogen and oxygen atoms in total. The minimum atomic E-state index is -0.0528. The van der Waals surface area contributed by atoms with Gasteiger partial charge in [-0.25, -0.2) is 9.97 Å². The predicted molar refractivity (Wildman–Crippen MR) is 83.9 cm³/mol. The summed E-state index contributed by atoms with van der Waals surface area (Å²) in [6.07, 6.45) is 3.25. The summed E-state index contributed by atoms with van der Waals surface area (Å²) < 4.78 is 0. The zero-order valence-corrected chi connectivity index (χ0v) is 11.7. The highest BCUT2D eigenvalue weighted by Gasteiger charge is 2.18. The van der Waals surface area contributed by atoms with Gasteiger partial charge in [0, 0.05) is 31.9 Å². The van der Waals surface area contributed by atoms with Crippen LogP contribution in [0.15, 0.2) is 42.7 Å². The summed E-state index contributed by atoms with van der Waals surface area (Å²) in [5.74, 6) is 0.788. The van der Waals surface area contributed by atoms with Crippen LogP contribution in [-0.4, -0.2) is 42.0 Å². The maximum absolute atomic E-state index is 7.33. The molecule has 21 heavy (non-hydrogen) atoms. The SMILES string of the molecule is N=C(N)c1cnc(N2CCN(c3ccccc3)CC2)cn1. The Kier molecular flexibility index (Phi) is 3.68. The molecule has 0 amide bonds. The summed E-state index contributed by atoms with van der Waals surface area (Å²) >= 11 is 0. The van der Waals surface area contributed by atoms with Crippen LogP contribution in [0.5, 0.6) is 0 Å². The van der Waals surface area contributed by atoms with E-state index in [0.717, 1.165) is 32.0 Å². The maximum atomic E-state index is 7.33. The maximum Gasteiger partial charge on any atom is 0.147 e. The number of nitrogens with one attached hydrogen (secondary N) is 1. The number of amidine groups is 1. The molecule has 6 heteroatoms. The highest BCUT2D eigenvalue weighted by Crippen LogP contribution is 2.18. The molecule has 3 N–H and O–H groups in total. The fourth-order valence-corrected chi connectivity index (χ4v) is 2.46. The quantitative estimate of drug-likeness (QED) is 0.650. The number of anilines is 2. The fraction of sp³-hybridized carbons (Fsp3) is 0.267. The van der Waals surface area contributed by atoms with Crippen molar-refractivity contribution in [2.24, 2.45) is 5.73 Å². The molecule has 0 radical (unpaired) electrons. The second-order valence-corrected chi connectivity index (χ2v) is 4.98. The smallest absolute Gasteiger partial charge is 0.147 e. The molecule has 0 unspecified atom stereocenters. The molecule has 0 atom stereocenters. The van der Waals surface area contributed by atoms with Gasteiger partial charge in [-0.1, -0.05) is 18.2 Å². The number of piperazine rings is 1. The lowest BCUT2D eigenvalue weighted by Crippen LogP contribution is -2.46. The monoisotopic (exact) mass is 282 g/mol. The Morgan fingerprint density at radius 3 is 2.19 bits per heavy atom. The van der Waals surface area contributed by atoms with Crippen molar-refractivity contribution in [2.45, 2.75) is 0 Å². The van der Waals surface area contributed by atoms with Crippen LogP contribution < -0.4 is 15.5 Å². The van der Waals surface area contributed by atoms with Crippen molar-refractivity contribution < 1.29 is 0 Å². The van der Waals surface area contributed by atoms with Gasteiger partial charge >= 0.3 is 0 Å². The zero-order valence-electron chi connectivity index (χ0n) is 11.7. The molecule has 2 heterocycles. The fourth-order valence-electron chi connectivity index (χ4n) is 2.46. The molecule has 1 aromatic carbocycles. The molecular weight excluding hydrogens is 264 g/mol. The van der Waals surface area contributed by atoms with Crippen LogP contribution in [0.4, 0.5) is 11.5 Å². The van der Waals surface area contributed by atoms with E-state index in [2.05, 4.69) is 44.0 Å². The number of nitrogens with zero attached hydrogens (tertiary/aromatic N) is 4. The number of rotatable bonds is 3. The number of aromatic nitrogens is 2. The van der Waals surface area contributed by atoms with Crippen molar-refractivity contribution in [2.75, 3.05) is 36.0 Å². The van der Waals surface area contributed by atoms with Gasteiger partial charge < -0.3 is 15.5 Å². The van der Waals surface area contributed by atoms with Crippen molar-refractivity contribution in [3.05, 3.63) is 48.4 Å². The first-order valence-corrected chi connectivity index (χ1v) is 6.95. The molecule has 0 spiro atoms. The van der Waals surface area contributed by atoms with Crippen molar-refractivity contribution >= 4 is 17.3 Å². The van der Waals surface area contributed by atoms with Gasteiger partial charge in [-0.15, -0.1) is 0 Å². The van der Waals surface area contributed by atoms with E-state index in [1.54, 1.807) is 12.4 Å². The Bertz CT molecular complexity index is 602. The van der Waals surface area contributed by atoms with Gasteiger partial charge in [-0.05, 0) is 12.1 Å². The second-order valence-electron chi connectivity index (χ2n) is 4.98. The van der Waals surface area contributed by atoms with Crippen molar-refractivity contribution in [1.29, 1.82) is 5.41 Å². The van der Waals surface area contributed by atoms with Crippen LogP contribution in [0.1, 0.15) is 5.69 Å². The molecule has 1 aliphatic heterocycles. The lowest BCUT2D eigenvalue weighted by Gasteiger charge is -2.36. The van der Waals surface area contributed by atoms with Crippen LogP contribution >= 0.6 is 0 Å². The van der Waals surface area contributed by atoms with Crippen molar-refractivity contribution in [3.8, 4) is 0 Å². The van der Waals surface area contributed by atoms with Crippen molar-refractivity contribution in [1.82, 2.24) is 9.97 Å². The van der Waals surface area contributed by atoms with Crippen LogP contribution in [0.2, 0.25) is 0 Å². The van der Waals surface area contributed by atoms with E-state index in [4.69, 9.17) is 11.1 Å². The zero-order chi connectivity index (χ0) is 14.7. The Balaban J connectivity index is 1.64. The molecule has 2 aromatic rings. The number of nitrogen functional groups attached to an aromatic ring is 1. The highest BCUT2D eigenvalue weighted by atomic mass is 15.3. The van der Waals surface area contributed by atoms with E-state index in [-0.39, 0.29) is 5.84 Å². The first-order valence-electron chi connectivity index (χ1n) is 6.95. The molecule has 108 valence electrons. The van der Waals surface area contributed by atoms with Gasteiger partial charge in [0.25, 0.3) is 0 Å². The Hall–Kier alpha value is -2.63. The normalized spacial score (nSPS) is 15.0. The largest absolute Gasteiger partial charge is 0.382 e. The van der Waals surface area contributed by atoms with Crippen molar-refractivity contribution in [3.63, 3.8) is 0 Å². The third-order valence-electron chi connectivity index (χ3n) is 3.64.